The molecule has 0 saturated heterocycles. The number of hydrogen-bond donors (Lipinski definition) is 5. The second-order valence-electron chi connectivity index (χ2n) is 14.7. The van der Waals surface area contributed by atoms with E-state index in [0.717, 1.165) is 83.5 Å². The molecule has 0 aromatic heterocycles. The highest BCUT2D eigenvalue weighted by Gasteiger charge is 2.28. The largest absolute Gasteiger partial charge is 0.472 e. The van der Waals surface area contributed by atoms with Crippen LogP contribution in [0.2, 0.25) is 0 Å². The zero-order valence-corrected chi connectivity index (χ0v) is 39.0. The summed E-state index contributed by atoms with van der Waals surface area (Å²) in [6.45, 7) is 0.173. The molecule has 0 rings (SSSR count). The maximum Gasteiger partial charge on any atom is 0.472 e. The number of hydrogen-bond acceptors (Lipinski definition) is 13. The van der Waals surface area contributed by atoms with Gasteiger partial charge in [-0.2, -0.15) is 0 Å². The lowest BCUT2D eigenvalue weighted by molar-refractivity contribution is -0.148. The molecule has 5 unspecified atom stereocenters. The lowest BCUT2D eigenvalue weighted by Crippen LogP contribution is -2.25. The minimum Gasteiger partial charge on any atom is -0.463 e. The molecule has 5 atom stereocenters. The molecule has 358 valence electrons. The van der Waals surface area contributed by atoms with E-state index in [2.05, 4.69) is 80.6 Å². The summed E-state index contributed by atoms with van der Waals surface area (Å²) in [4.78, 5) is 43.6. The van der Waals surface area contributed by atoms with Crippen molar-refractivity contribution in [2.75, 3.05) is 39.6 Å². The van der Waals surface area contributed by atoms with E-state index in [9.17, 15) is 43.8 Å². The first-order valence-electron chi connectivity index (χ1n) is 22.3. The summed E-state index contributed by atoms with van der Waals surface area (Å²) in [5.41, 5.74) is 0. The number of rotatable bonds is 42. The summed E-state index contributed by atoms with van der Waals surface area (Å²) < 4.78 is 52.8. The predicted octanol–water partition coefficient (Wildman–Crippen LogP) is 9.60. The fourth-order valence-corrected chi connectivity index (χ4v) is 6.81. The quantitative estimate of drug-likeness (QED) is 0.0126. The molecule has 0 radical (unpaired) electrons. The van der Waals surface area contributed by atoms with E-state index >= 15 is 0 Å². The Balaban J connectivity index is 3.97. The van der Waals surface area contributed by atoms with Crippen LogP contribution >= 0.6 is 15.6 Å². The van der Waals surface area contributed by atoms with Gasteiger partial charge in [0, 0.05) is 12.8 Å². The van der Waals surface area contributed by atoms with Gasteiger partial charge in [0.05, 0.1) is 26.4 Å². The number of allylic oxidation sites excluding steroid dienone is 12. The molecule has 0 aliphatic rings. The summed E-state index contributed by atoms with van der Waals surface area (Å²) >= 11 is 0. The van der Waals surface area contributed by atoms with Crippen LogP contribution in [0.15, 0.2) is 72.9 Å². The van der Waals surface area contributed by atoms with Gasteiger partial charge in [0.1, 0.15) is 31.5 Å². The number of carbonyl (C=O) groups excluding carboxylic acids is 2. The smallest absolute Gasteiger partial charge is 0.463 e. The van der Waals surface area contributed by atoms with Crippen molar-refractivity contribution in [1.29, 1.82) is 0 Å². The SMILES string of the molecule is CC/C=C/C=C/C=C\CCCCCCCC(=O)OCC(O)COP(=O)(O)OCC(O)COP(=O)(O)OCC(O)COC(=O)CCCCCC/C=C\C/C=C\C/C=C\CCCCC. The zero-order chi connectivity index (χ0) is 46.0. The van der Waals surface area contributed by atoms with Crippen LogP contribution in [-0.2, 0) is 46.3 Å². The Kier molecular flexibility index (Phi) is 39.5. The van der Waals surface area contributed by atoms with Crippen molar-refractivity contribution in [2.24, 2.45) is 0 Å². The van der Waals surface area contributed by atoms with Crippen molar-refractivity contribution in [3.8, 4) is 0 Å². The standard InChI is InChI=1S/C45H78O15P2/c1-3-5-7-9-11-13-15-17-18-19-20-22-24-26-28-30-32-34-45(50)56-36-42(47)38-58-62(53,54)60-40-43(48)39-59-61(51,52)57-37-41(46)35-55-44(49)33-31-29-27-25-23-21-16-14-12-10-8-6-4-2/h6,8,10-14,16-18,20,22,41-43,46-48H,3-5,7,9,15,19,21,23-40H2,1-2H3,(H,51,52)(H,53,54)/b8-6+,12-10+,13-11-,16-14-,18-17-,22-20-. The van der Waals surface area contributed by atoms with Crippen molar-refractivity contribution < 1.29 is 71.4 Å². The molecule has 0 aliphatic carbocycles. The molecular weight excluding hydrogens is 842 g/mol. The fourth-order valence-electron chi connectivity index (χ4n) is 5.22. The van der Waals surface area contributed by atoms with Gasteiger partial charge in [-0.15, -0.1) is 0 Å². The Bertz CT molecular complexity index is 1390. The van der Waals surface area contributed by atoms with Gasteiger partial charge < -0.3 is 34.6 Å². The van der Waals surface area contributed by atoms with Crippen LogP contribution < -0.4 is 0 Å². The van der Waals surface area contributed by atoms with Crippen LogP contribution in [0, 0.1) is 0 Å². The topological polar surface area (TPSA) is 225 Å². The molecule has 0 aromatic rings. The number of phosphoric acid groups is 2. The van der Waals surface area contributed by atoms with Gasteiger partial charge in [-0.1, -0.05) is 132 Å². The summed E-state index contributed by atoms with van der Waals surface area (Å²) in [5, 5.41) is 30.0. The Morgan fingerprint density at radius 3 is 1.24 bits per heavy atom. The van der Waals surface area contributed by atoms with E-state index in [1.54, 1.807) is 0 Å². The van der Waals surface area contributed by atoms with Gasteiger partial charge in [0.15, 0.2) is 0 Å². The third-order valence-corrected chi connectivity index (χ3v) is 10.6. The highest BCUT2D eigenvalue weighted by atomic mass is 31.2. The maximum absolute atomic E-state index is 12.1. The van der Waals surface area contributed by atoms with Gasteiger partial charge in [-0.05, 0) is 70.6 Å². The average molecular weight is 921 g/mol. The number of aliphatic hydroxyl groups is 3. The molecule has 0 aliphatic heterocycles. The van der Waals surface area contributed by atoms with Crippen LogP contribution in [0.3, 0.4) is 0 Å². The maximum atomic E-state index is 12.1. The number of carbonyl (C=O) groups is 2. The van der Waals surface area contributed by atoms with E-state index in [-0.39, 0.29) is 12.8 Å². The Morgan fingerprint density at radius 2 is 0.806 bits per heavy atom. The number of phosphoric ester groups is 2. The molecule has 17 heteroatoms. The lowest BCUT2D eigenvalue weighted by Gasteiger charge is -2.19. The predicted molar refractivity (Wildman–Crippen MR) is 242 cm³/mol. The van der Waals surface area contributed by atoms with E-state index in [4.69, 9.17) is 9.47 Å². The van der Waals surface area contributed by atoms with Crippen molar-refractivity contribution in [2.45, 2.75) is 161 Å². The van der Waals surface area contributed by atoms with Gasteiger partial charge in [0.2, 0.25) is 0 Å². The van der Waals surface area contributed by atoms with Gasteiger partial charge in [-0.3, -0.25) is 27.7 Å². The van der Waals surface area contributed by atoms with E-state index in [1.807, 2.05) is 24.3 Å². The van der Waals surface area contributed by atoms with Crippen LogP contribution in [0.4, 0.5) is 0 Å². The molecule has 0 aromatic carbocycles. The average Bonchev–Trinajstić information content (AvgIpc) is 3.24. The van der Waals surface area contributed by atoms with Gasteiger partial charge >= 0.3 is 27.6 Å². The fraction of sp³-hybridized carbons (Fsp3) is 0.689. The monoisotopic (exact) mass is 920 g/mol. The highest BCUT2D eigenvalue weighted by molar-refractivity contribution is 7.47. The zero-order valence-electron chi connectivity index (χ0n) is 37.3. The number of aliphatic hydroxyl groups excluding tert-OH is 3. The molecule has 0 spiro atoms. The van der Waals surface area contributed by atoms with E-state index in [0.29, 0.717) is 12.8 Å². The molecular formula is C45H78O15P2. The molecule has 0 amide bonds. The first-order valence-corrected chi connectivity index (χ1v) is 25.3. The molecule has 0 bridgehead atoms. The van der Waals surface area contributed by atoms with Crippen molar-refractivity contribution in [1.82, 2.24) is 0 Å². The number of esters is 2. The van der Waals surface area contributed by atoms with Crippen LogP contribution in [0.5, 0.6) is 0 Å². The van der Waals surface area contributed by atoms with Gasteiger partial charge in [0.25, 0.3) is 0 Å². The van der Waals surface area contributed by atoms with Crippen molar-refractivity contribution in [3.63, 3.8) is 0 Å². The Morgan fingerprint density at radius 1 is 0.452 bits per heavy atom. The number of unbranched alkanes of at least 4 members (excludes halogenated alkanes) is 12. The lowest BCUT2D eigenvalue weighted by atomic mass is 10.1. The summed E-state index contributed by atoms with van der Waals surface area (Å²) in [6.07, 6.45) is 39.0. The first kappa shape index (κ1) is 59.5. The first-order chi connectivity index (χ1) is 29.8. The molecule has 0 fully saturated rings. The molecule has 5 N–H and O–H groups in total. The highest BCUT2D eigenvalue weighted by Crippen LogP contribution is 2.45. The second-order valence-corrected chi connectivity index (χ2v) is 17.6. The Hall–Kier alpha value is -2.52. The Labute approximate surface area is 371 Å². The van der Waals surface area contributed by atoms with Crippen LogP contribution in [0.1, 0.15) is 142 Å². The molecule has 0 saturated carbocycles. The molecule has 15 nitrogen and oxygen atoms in total. The summed E-state index contributed by atoms with van der Waals surface area (Å²) in [7, 11) is -9.58. The van der Waals surface area contributed by atoms with E-state index in [1.165, 1.54) is 19.3 Å². The minimum atomic E-state index is -4.79. The third kappa shape index (κ3) is 42.8. The summed E-state index contributed by atoms with van der Waals surface area (Å²) in [6, 6.07) is 0. The summed E-state index contributed by atoms with van der Waals surface area (Å²) in [5.74, 6) is -1.04. The van der Waals surface area contributed by atoms with Crippen molar-refractivity contribution >= 4 is 27.6 Å². The van der Waals surface area contributed by atoms with Crippen LogP contribution in [-0.4, -0.2) is 95.0 Å². The number of ether oxygens (including phenoxy) is 2. The van der Waals surface area contributed by atoms with Gasteiger partial charge in [-0.25, -0.2) is 9.13 Å². The molecule has 0 heterocycles. The normalized spacial score (nSPS) is 15.9. The molecule has 62 heavy (non-hydrogen) atoms. The third-order valence-electron chi connectivity index (χ3n) is 8.71. The minimum absolute atomic E-state index is 0.168. The van der Waals surface area contributed by atoms with Crippen LogP contribution in [0.25, 0.3) is 0 Å². The second kappa shape index (κ2) is 41.2. The van der Waals surface area contributed by atoms with E-state index < -0.39 is 85.5 Å². The van der Waals surface area contributed by atoms with Crippen molar-refractivity contribution in [3.05, 3.63) is 72.9 Å².